The predicted molar refractivity (Wildman–Crippen MR) is 94.5 cm³/mol. The second-order valence-corrected chi connectivity index (χ2v) is 11.8. The van der Waals surface area contributed by atoms with E-state index in [2.05, 4.69) is 32.3 Å². The number of carbonyl (C=O) groups is 1. The SMILES string of the molecule is CCCN1C=C(c2ccc([N+](=O)[O-])cc2)C(=O)/C1=C/[Si](C)(C)C. The Hall–Kier alpha value is -2.21. The Labute approximate surface area is 137 Å². The zero-order chi connectivity index (χ0) is 17.2. The molecular weight excluding hydrogens is 308 g/mol. The Morgan fingerprint density at radius 1 is 1.22 bits per heavy atom. The van der Waals surface area contributed by atoms with Gasteiger partial charge in [-0.2, -0.15) is 0 Å². The molecule has 1 aromatic rings. The van der Waals surface area contributed by atoms with Crippen LogP contribution >= 0.6 is 0 Å². The van der Waals surface area contributed by atoms with Crippen molar-refractivity contribution in [2.75, 3.05) is 6.54 Å². The van der Waals surface area contributed by atoms with E-state index >= 15 is 0 Å². The van der Waals surface area contributed by atoms with Crippen LogP contribution in [0.2, 0.25) is 19.6 Å². The van der Waals surface area contributed by atoms with Gasteiger partial charge in [0.2, 0.25) is 5.78 Å². The van der Waals surface area contributed by atoms with E-state index in [4.69, 9.17) is 0 Å². The summed E-state index contributed by atoms with van der Waals surface area (Å²) in [4.78, 5) is 25.1. The molecule has 0 bridgehead atoms. The number of allylic oxidation sites excluding steroid dienone is 1. The van der Waals surface area contributed by atoms with Crippen LogP contribution in [-0.2, 0) is 4.79 Å². The van der Waals surface area contributed by atoms with E-state index in [9.17, 15) is 14.9 Å². The van der Waals surface area contributed by atoms with Crippen LogP contribution in [0.3, 0.4) is 0 Å². The molecule has 6 heteroatoms. The van der Waals surface area contributed by atoms with Crippen LogP contribution in [0.25, 0.3) is 5.57 Å². The number of hydrogen-bond acceptors (Lipinski definition) is 4. The second kappa shape index (κ2) is 6.50. The average molecular weight is 330 g/mol. The molecule has 0 N–H and O–H groups in total. The molecular formula is C17H22N2O3Si. The fourth-order valence-corrected chi connectivity index (χ4v) is 3.62. The van der Waals surface area contributed by atoms with E-state index < -0.39 is 13.0 Å². The third-order valence-electron chi connectivity index (χ3n) is 3.49. The number of nitro groups is 1. The molecule has 0 unspecified atom stereocenters. The summed E-state index contributed by atoms with van der Waals surface area (Å²) in [7, 11) is -1.54. The van der Waals surface area contributed by atoms with Crippen LogP contribution in [0.5, 0.6) is 0 Å². The largest absolute Gasteiger partial charge is 0.345 e. The minimum absolute atomic E-state index is 0.00901. The lowest BCUT2D eigenvalue weighted by Gasteiger charge is -2.19. The molecule has 5 nitrogen and oxygen atoms in total. The van der Waals surface area contributed by atoms with Crippen LogP contribution in [0.4, 0.5) is 5.69 Å². The van der Waals surface area contributed by atoms with E-state index in [-0.39, 0.29) is 11.5 Å². The molecule has 0 atom stereocenters. The summed E-state index contributed by atoms with van der Waals surface area (Å²) in [5.41, 5.74) is 4.24. The standard InChI is InChI=1S/C17H22N2O3Si/c1-5-10-18-11-15(17(20)16(18)12-23(2,3)4)13-6-8-14(9-7-13)19(21)22/h6-9,11-12H,5,10H2,1-4H3/b16-12-. The molecule has 0 spiro atoms. The summed E-state index contributed by atoms with van der Waals surface area (Å²) in [5.74, 6) is 0.00901. The van der Waals surface area contributed by atoms with Crippen LogP contribution < -0.4 is 0 Å². The molecule has 2 rings (SSSR count). The summed E-state index contributed by atoms with van der Waals surface area (Å²) < 4.78 is 0. The van der Waals surface area contributed by atoms with Gasteiger partial charge in [-0.05, 0) is 24.1 Å². The number of hydrogen-bond donors (Lipinski definition) is 0. The third-order valence-corrected chi connectivity index (χ3v) is 4.63. The topological polar surface area (TPSA) is 63.4 Å². The average Bonchev–Trinajstić information content (AvgIpc) is 2.75. The highest BCUT2D eigenvalue weighted by Crippen LogP contribution is 2.31. The van der Waals surface area contributed by atoms with Gasteiger partial charge in [-0.3, -0.25) is 14.9 Å². The van der Waals surface area contributed by atoms with Gasteiger partial charge in [0.1, 0.15) is 0 Å². The van der Waals surface area contributed by atoms with Gasteiger partial charge in [0, 0.05) is 30.5 Å². The van der Waals surface area contributed by atoms with Gasteiger partial charge in [0.25, 0.3) is 5.69 Å². The molecule has 1 aliphatic heterocycles. The normalized spacial score (nSPS) is 16.9. The smallest absolute Gasteiger partial charge is 0.269 e. The Morgan fingerprint density at radius 2 is 1.83 bits per heavy atom. The first-order chi connectivity index (χ1) is 10.7. The number of carbonyl (C=O) groups excluding carboxylic acids is 1. The van der Waals surface area contributed by atoms with Gasteiger partial charge >= 0.3 is 0 Å². The fraction of sp³-hybridized carbons (Fsp3) is 0.353. The summed E-state index contributed by atoms with van der Waals surface area (Å²) >= 11 is 0. The van der Waals surface area contributed by atoms with Crippen molar-refractivity contribution in [1.29, 1.82) is 0 Å². The molecule has 0 radical (unpaired) electrons. The van der Waals surface area contributed by atoms with E-state index in [1.54, 1.807) is 12.1 Å². The molecule has 1 aromatic carbocycles. The van der Waals surface area contributed by atoms with Crippen molar-refractivity contribution >= 4 is 25.1 Å². The molecule has 0 saturated heterocycles. The first-order valence-corrected chi connectivity index (χ1v) is 11.3. The van der Waals surface area contributed by atoms with Crippen molar-refractivity contribution in [3.63, 3.8) is 0 Å². The highest BCUT2D eigenvalue weighted by Gasteiger charge is 2.30. The number of nitro benzene ring substituents is 1. The van der Waals surface area contributed by atoms with E-state index in [1.807, 2.05) is 11.1 Å². The number of ketones is 1. The summed E-state index contributed by atoms with van der Waals surface area (Å²) in [6, 6.07) is 6.16. The summed E-state index contributed by atoms with van der Waals surface area (Å²) in [5, 5.41) is 10.8. The predicted octanol–water partition coefficient (Wildman–Crippen LogP) is 3.99. The zero-order valence-electron chi connectivity index (χ0n) is 14.0. The molecule has 1 aliphatic rings. The highest BCUT2D eigenvalue weighted by atomic mass is 28.3. The quantitative estimate of drug-likeness (QED) is 0.354. The molecule has 0 fully saturated rings. The lowest BCUT2D eigenvalue weighted by Crippen LogP contribution is -2.24. The second-order valence-electron chi connectivity index (χ2n) is 6.76. The van der Waals surface area contributed by atoms with E-state index in [0.29, 0.717) is 5.57 Å². The third kappa shape index (κ3) is 3.95. The first kappa shape index (κ1) is 17.1. The van der Waals surface area contributed by atoms with Crippen molar-refractivity contribution < 1.29 is 9.72 Å². The molecule has 23 heavy (non-hydrogen) atoms. The minimum Gasteiger partial charge on any atom is -0.345 e. The molecule has 1 heterocycles. The van der Waals surface area contributed by atoms with Gasteiger partial charge in [-0.1, -0.05) is 32.3 Å². The van der Waals surface area contributed by atoms with Crippen molar-refractivity contribution in [1.82, 2.24) is 4.90 Å². The van der Waals surface area contributed by atoms with Crippen molar-refractivity contribution in [3.05, 3.63) is 57.5 Å². The van der Waals surface area contributed by atoms with E-state index in [1.165, 1.54) is 12.1 Å². The maximum atomic E-state index is 12.8. The molecule has 0 aliphatic carbocycles. The van der Waals surface area contributed by atoms with Crippen molar-refractivity contribution in [2.45, 2.75) is 33.0 Å². The zero-order valence-corrected chi connectivity index (χ0v) is 15.0. The number of rotatable bonds is 5. The molecule has 0 amide bonds. The Balaban J connectivity index is 2.39. The Kier molecular flexibility index (Phi) is 4.84. The highest BCUT2D eigenvalue weighted by molar-refractivity contribution is 6.81. The Bertz CT molecular complexity index is 685. The van der Waals surface area contributed by atoms with E-state index in [0.717, 1.165) is 24.2 Å². The fourth-order valence-electron chi connectivity index (χ4n) is 2.51. The first-order valence-electron chi connectivity index (χ1n) is 7.74. The molecule has 0 saturated carbocycles. The Morgan fingerprint density at radius 3 is 2.30 bits per heavy atom. The molecule has 0 aromatic heterocycles. The van der Waals surface area contributed by atoms with Crippen molar-refractivity contribution in [2.24, 2.45) is 0 Å². The monoisotopic (exact) mass is 330 g/mol. The maximum Gasteiger partial charge on any atom is 0.269 e. The minimum atomic E-state index is -1.54. The maximum absolute atomic E-state index is 12.8. The number of Topliss-reactive ketones (excluding diaryl/α,β-unsaturated/α-hetero) is 1. The molecule has 122 valence electrons. The van der Waals surface area contributed by atoms with Crippen LogP contribution in [0.1, 0.15) is 18.9 Å². The van der Waals surface area contributed by atoms with Gasteiger partial charge in [-0.15, -0.1) is 0 Å². The number of nitrogens with zero attached hydrogens (tertiary/aromatic N) is 2. The number of benzene rings is 1. The number of non-ortho nitro benzene ring substituents is 1. The van der Waals surface area contributed by atoms with Gasteiger partial charge in [0.15, 0.2) is 0 Å². The van der Waals surface area contributed by atoms with Crippen molar-refractivity contribution in [3.8, 4) is 0 Å². The van der Waals surface area contributed by atoms with Gasteiger partial charge in [0.05, 0.1) is 18.7 Å². The lowest BCUT2D eigenvalue weighted by molar-refractivity contribution is -0.384. The van der Waals surface area contributed by atoms with Crippen LogP contribution in [0.15, 0.2) is 41.9 Å². The van der Waals surface area contributed by atoms with Crippen LogP contribution in [0, 0.1) is 10.1 Å². The lowest BCUT2D eigenvalue weighted by atomic mass is 10.0. The van der Waals surface area contributed by atoms with Gasteiger partial charge in [-0.25, -0.2) is 0 Å². The summed E-state index contributed by atoms with van der Waals surface area (Å²) in [6.07, 6.45) is 2.82. The van der Waals surface area contributed by atoms with Crippen LogP contribution in [-0.4, -0.2) is 30.2 Å². The van der Waals surface area contributed by atoms with Gasteiger partial charge < -0.3 is 4.90 Å². The summed E-state index contributed by atoms with van der Waals surface area (Å²) in [6.45, 7) is 9.46.